The number of ether oxygens (including phenoxy) is 3. The molecule has 3 atom stereocenters. The fourth-order valence-electron chi connectivity index (χ4n) is 6.60. The molecule has 52 heavy (non-hydrogen) atoms. The molecule has 15 heteroatoms. The number of alkyl halides is 3. The van der Waals surface area contributed by atoms with Gasteiger partial charge in [-0.1, -0.05) is 35.9 Å². The molecule has 276 valence electrons. The van der Waals surface area contributed by atoms with Crippen LogP contribution in [-0.2, 0) is 30.5 Å². The smallest absolute Gasteiger partial charge is 0.421 e. The summed E-state index contributed by atoms with van der Waals surface area (Å²) in [4.78, 5) is 25.0. The molecule has 1 aliphatic carbocycles. The number of carbonyl (C=O) groups excluding carboxylic acids is 1. The van der Waals surface area contributed by atoms with Crippen LogP contribution in [0.2, 0.25) is 5.02 Å². The largest absolute Gasteiger partial charge is 0.481 e. The van der Waals surface area contributed by atoms with Crippen LogP contribution in [0.4, 0.5) is 13.2 Å². The summed E-state index contributed by atoms with van der Waals surface area (Å²) in [6.07, 6.45) is -2.24. The van der Waals surface area contributed by atoms with E-state index in [1.54, 1.807) is 32.4 Å². The summed E-state index contributed by atoms with van der Waals surface area (Å²) in [6.45, 7) is 2.90. The first-order valence-corrected chi connectivity index (χ1v) is 17.4. The van der Waals surface area contributed by atoms with Gasteiger partial charge in [0.2, 0.25) is 23.5 Å². The molecule has 1 aliphatic heterocycles. The van der Waals surface area contributed by atoms with Crippen molar-refractivity contribution in [1.29, 1.82) is 0 Å². The van der Waals surface area contributed by atoms with Gasteiger partial charge in [-0.2, -0.15) is 18.2 Å². The minimum atomic E-state index is -4.74. The van der Waals surface area contributed by atoms with E-state index >= 15 is 0 Å². The maximum absolute atomic E-state index is 14.3. The second kappa shape index (κ2) is 16.0. The zero-order valence-corrected chi connectivity index (χ0v) is 29.7. The first-order valence-electron chi connectivity index (χ1n) is 17.0. The van der Waals surface area contributed by atoms with Crippen LogP contribution in [0.25, 0.3) is 22.5 Å². The normalized spacial score (nSPS) is 17.5. The van der Waals surface area contributed by atoms with Gasteiger partial charge in [0.05, 0.1) is 36.7 Å². The number of amides is 1. The monoisotopic (exact) mass is 740 g/mol. The number of halogens is 4. The first kappa shape index (κ1) is 37.3. The summed E-state index contributed by atoms with van der Waals surface area (Å²) in [5.74, 6) is -0.0810. The van der Waals surface area contributed by atoms with Crippen molar-refractivity contribution in [2.45, 2.75) is 70.1 Å². The Balaban J connectivity index is 1.25. The number of rotatable bonds is 14. The molecule has 0 saturated carbocycles. The minimum Gasteiger partial charge on any atom is -0.481 e. The van der Waals surface area contributed by atoms with Crippen LogP contribution in [-0.4, -0.2) is 65.4 Å². The number of nitrogens with zero attached hydrogens (tertiary/aromatic N) is 3. The third-order valence-electron chi connectivity index (χ3n) is 9.09. The summed E-state index contributed by atoms with van der Waals surface area (Å²) in [5.41, 5.74) is 4.05. The second-order valence-electron chi connectivity index (χ2n) is 12.8. The van der Waals surface area contributed by atoms with Crippen LogP contribution >= 0.6 is 11.6 Å². The van der Waals surface area contributed by atoms with E-state index in [1.807, 2.05) is 24.3 Å². The number of fused-ring (bicyclic) bond motifs is 1. The lowest BCUT2D eigenvalue weighted by atomic mass is 9.98. The van der Waals surface area contributed by atoms with Crippen molar-refractivity contribution < 1.29 is 37.3 Å². The lowest BCUT2D eigenvalue weighted by molar-refractivity contribution is -0.139. The Labute approximate surface area is 304 Å². The molecule has 0 bridgehead atoms. The van der Waals surface area contributed by atoms with E-state index in [0.29, 0.717) is 65.8 Å². The van der Waals surface area contributed by atoms with Crippen LogP contribution in [0.3, 0.4) is 0 Å². The molecule has 1 amide bonds. The summed E-state index contributed by atoms with van der Waals surface area (Å²) < 4.78 is 59.9. The van der Waals surface area contributed by atoms with Crippen molar-refractivity contribution in [3.05, 3.63) is 81.5 Å². The molecule has 2 aliphatic rings. The molecule has 4 N–H and O–H groups in total. The van der Waals surface area contributed by atoms with Crippen molar-refractivity contribution in [1.82, 2.24) is 30.9 Å². The van der Waals surface area contributed by atoms with Crippen LogP contribution in [0.15, 0.2) is 48.7 Å². The SMILES string of the molecule is COc1nc(-c2ccnc(-c3cccc4c3CC[C@@H]4Oc3nc(OC)c(CNCC(C)O)cc3C(F)(F)F)c2Cl)ccc1CNC[C@@H]1CCC(=O)N1. The third kappa shape index (κ3) is 8.25. The second-order valence-corrected chi connectivity index (χ2v) is 13.2. The summed E-state index contributed by atoms with van der Waals surface area (Å²) in [6, 6.07) is 12.1. The van der Waals surface area contributed by atoms with E-state index in [9.17, 15) is 23.1 Å². The van der Waals surface area contributed by atoms with Gasteiger partial charge < -0.3 is 35.3 Å². The van der Waals surface area contributed by atoms with Gasteiger partial charge in [0, 0.05) is 67.1 Å². The van der Waals surface area contributed by atoms with E-state index in [0.717, 1.165) is 29.2 Å². The van der Waals surface area contributed by atoms with E-state index < -0.39 is 29.8 Å². The summed E-state index contributed by atoms with van der Waals surface area (Å²) in [7, 11) is 2.88. The number of benzene rings is 1. The van der Waals surface area contributed by atoms with Gasteiger partial charge in [-0.05, 0) is 55.5 Å². The third-order valence-corrected chi connectivity index (χ3v) is 9.48. The van der Waals surface area contributed by atoms with Crippen molar-refractivity contribution in [2.75, 3.05) is 27.3 Å². The van der Waals surface area contributed by atoms with Gasteiger partial charge in [0.1, 0.15) is 11.7 Å². The fourth-order valence-corrected chi connectivity index (χ4v) is 6.91. The summed E-state index contributed by atoms with van der Waals surface area (Å²) >= 11 is 7.03. The van der Waals surface area contributed by atoms with Crippen molar-refractivity contribution in [3.63, 3.8) is 0 Å². The number of carbonyl (C=O) groups is 1. The van der Waals surface area contributed by atoms with Gasteiger partial charge in [0.15, 0.2) is 0 Å². The molecule has 0 radical (unpaired) electrons. The van der Waals surface area contributed by atoms with Gasteiger partial charge in [-0.3, -0.25) is 9.78 Å². The maximum Gasteiger partial charge on any atom is 0.421 e. The Hall–Kier alpha value is -4.50. The Morgan fingerprint density at radius 2 is 1.75 bits per heavy atom. The molecule has 3 aromatic heterocycles. The highest BCUT2D eigenvalue weighted by Crippen LogP contribution is 2.45. The van der Waals surface area contributed by atoms with Gasteiger partial charge in [-0.25, -0.2) is 4.98 Å². The molecule has 11 nitrogen and oxygen atoms in total. The van der Waals surface area contributed by atoms with Gasteiger partial charge >= 0.3 is 6.18 Å². The van der Waals surface area contributed by atoms with E-state index in [2.05, 4.69) is 25.9 Å². The predicted molar refractivity (Wildman–Crippen MR) is 188 cm³/mol. The predicted octanol–water partition coefficient (Wildman–Crippen LogP) is 5.80. The molecular formula is C37H40ClF3N6O5. The number of methoxy groups -OCH3 is 2. The Morgan fingerprint density at radius 3 is 2.46 bits per heavy atom. The maximum atomic E-state index is 14.3. The Kier molecular flexibility index (Phi) is 11.5. The van der Waals surface area contributed by atoms with Gasteiger partial charge in [0.25, 0.3) is 0 Å². The zero-order valence-electron chi connectivity index (χ0n) is 28.9. The molecule has 1 fully saturated rings. The Bertz CT molecular complexity index is 1930. The van der Waals surface area contributed by atoms with E-state index in [-0.39, 0.29) is 36.5 Å². The highest BCUT2D eigenvalue weighted by Gasteiger charge is 2.39. The van der Waals surface area contributed by atoms with Crippen LogP contribution in [0.5, 0.6) is 17.6 Å². The quantitative estimate of drug-likeness (QED) is 0.126. The first-order chi connectivity index (χ1) is 25.0. The number of hydrogen-bond donors (Lipinski definition) is 4. The number of aromatic nitrogens is 3. The van der Waals surface area contributed by atoms with Crippen LogP contribution in [0, 0.1) is 0 Å². The summed E-state index contributed by atoms with van der Waals surface area (Å²) in [5, 5.41) is 19.1. The molecule has 0 spiro atoms. The highest BCUT2D eigenvalue weighted by molar-refractivity contribution is 6.35. The van der Waals surface area contributed by atoms with Crippen molar-refractivity contribution >= 4 is 17.5 Å². The Morgan fingerprint density at radius 1 is 0.981 bits per heavy atom. The molecule has 1 aromatic carbocycles. The highest BCUT2D eigenvalue weighted by atomic mass is 35.5. The number of nitrogens with one attached hydrogen (secondary N) is 3. The molecular weight excluding hydrogens is 701 g/mol. The molecule has 6 rings (SSSR count). The van der Waals surface area contributed by atoms with Crippen molar-refractivity contribution in [3.8, 4) is 40.2 Å². The number of aliphatic hydroxyl groups excluding tert-OH is 1. The standard InChI is InChI=1S/C37H40ClF3N6O5/c1-20(48)16-42-18-22-15-28(37(39,40)41)36(47-35(22)51-3)52-30-11-9-24-25(30)5-4-6-26(24)33-32(38)27(13-14-44-33)29-10-7-21(34(46-29)50-2)17-43-19-23-8-12-31(49)45-23/h4-7,10,13-15,20,23,30,42-43,48H,8-9,11-12,16-19H2,1-3H3,(H,45,49)/t20?,23-,30-/m0/s1. The van der Waals surface area contributed by atoms with E-state index in [4.69, 9.17) is 30.8 Å². The van der Waals surface area contributed by atoms with Crippen molar-refractivity contribution in [2.24, 2.45) is 0 Å². The lowest BCUT2D eigenvalue weighted by Crippen LogP contribution is -2.35. The minimum absolute atomic E-state index is 0.00513. The molecule has 4 heterocycles. The average Bonchev–Trinajstić information content (AvgIpc) is 3.73. The average molecular weight is 741 g/mol. The van der Waals surface area contributed by atoms with Gasteiger partial charge in [-0.15, -0.1) is 0 Å². The number of pyridine rings is 3. The molecule has 4 aromatic rings. The van der Waals surface area contributed by atoms with Crippen LogP contribution < -0.4 is 30.2 Å². The number of aliphatic hydroxyl groups is 1. The topological polar surface area (TPSA) is 140 Å². The van der Waals surface area contributed by atoms with E-state index in [1.165, 1.54) is 7.11 Å². The molecule has 1 saturated heterocycles. The fraction of sp³-hybridized carbons (Fsp3) is 0.405. The zero-order chi connectivity index (χ0) is 37.0. The lowest BCUT2D eigenvalue weighted by Gasteiger charge is -2.21. The molecule has 1 unspecified atom stereocenters. The van der Waals surface area contributed by atoms with Crippen LogP contribution in [0.1, 0.15) is 60.1 Å². The number of hydrogen-bond acceptors (Lipinski definition) is 10.